The third kappa shape index (κ3) is 10.3. The van der Waals surface area contributed by atoms with Gasteiger partial charge in [-0.15, -0.1) is 5.56 Å². The van der Waals surface area contributed by atoms with Crippen molar-refractivity contribution in [2.75, 3.05) is 0 Å². The fourth-order valence-electron chi connectivity index (χ4n) is 4.63. The first kappa shape index (κ1) is 37.3. The van der Waals surface area contributed by atoms with E-state index in [9.17, 15) is 0 Å². The maximum absolute atomic E-state index is 3.53. The molecule has 2 aromatic carbocycles. The van der Waals surface area contributed by atoms with Gasteiger partial charge in [0.1, 0.15) is 0 Å². The van der Waals surface area contributed by atoms with Crippen molar-refractivity contribution in [3.05, 3.63) is 82.0 Å². The average molecular weight is 631 g/mol. The predicted molar refractivity (Wildman–Crippen MR) is 156 cm³/mol. The number of rotatable bonds is 0. The SMILES string of the molecule is CC(C)(C)c1c[c-]c2c(c1)-c1cc(C(C)(C)C)ccc1C2.CC1=[C-]C(C)C=C1C(C)(C)C.C[C](C)=[Zr+2].[Cl-].[Cl-]. The Balaban J connectivity index is 0.000000684. The topological polar surface area (TPSA) is 0 Å². The van der Waals surface area contributed by atoms with Crippen LogP contribution in [0, 0.1) is 23.5 Å². The van der Waals surface area contributed by atoms with Gasteiger partial charge in [-0.2, -0.15) is 41.0 Å². The number of halogens is 2. The molecule has 0 nitrogen and oxygen atoms in total. The van der Waals surface area contributed by atoms with Crippen molar-refractivity contribution in [2.45, 2.75) is 107 Å². The van der Waals surface area contributed by atoms with Crippen LogP contribution in [0.2, 0.25) is 0 Å². The van der Waals surface area contributed by atoms with Crippen LogP contribution in [0.1, 0.15) is 112 Å². The molecule has 0 N–H and O–H groups in total. The van der Waals surface area contributed by atoms with Gasteiger partial charge in [-0.1, -0.05) is 122 Å². The summed E-state index contributed by atoms with van der Waals surface area (Å²) in [6.07, 6.45) is 6.74. The van der Waals surface area contributed by atoms with E-state index in [1.165, 1.54) is 47.7 Å². The van der Waals surface area contributed by atoms with Crippen LogP contribution in [0.15, 0.2) is 47.6 Å². The molecule has 0 saturated carbocycles. The van der Waals surface area contributed by atoms with Gasteiger partial charge in [0, 0.05) is 0 Å². The van der Waals surface area contributed by atoms with Crippen molar-refractivity contribution in [1.82, 2.24) is 0 Å². The molecule has 2 aromatic rings. The van der Waals surface area contributed by atoms with Crippen LogP contribution in [-0.4, -0.2) is 3.21 Å². The molecule has 4 rings (SSSR count). The van der Waals surface area contributed by atoms with Crippen molar-refractivity contribution in [1.29, 1.82) is 0 Å². The van der Waals surface area contributed by atoms with E-state index >= 15 is 0 Å². The Kier molecular flexibility index (Phi) is 14.0. The van der Waals surface area contributed by atoms with Crippen LogP contribution in [0.25, 0.3) is 11.1 Å². The molecule has 0 heterocycles. The molecule has 3 heteroatoms. The first-order chi connectivity index (χ1) is 16.3. The minimum atomic E-state index is 0. The van der Waals surface area contributed by atoms with E-state index in [2.05, 4.69) is 139 Å². The summed E-state index contributed by atoms with van der Waals surface area (Å²) in [6.45, 7) is 29.0. The molecule has 0 aromatic heterocycles. The van der Waals surface area contributed by atoms with Gasteiger partial charge in [0.05, 0.1) is 0 Å². The molecule has 38 heavy (non-hydrogen) atoms. The van der Waals surface area contributed by atoms with Gasteiger partial charge in [0.15, 0.2) is 0 Å². The van der Waals surface area contributed by atoms with Crippen LogP contribution >= 0.6 is 0 Å². The van der Waals surface area contributed by atoms with Crippen LogP contribution in [0.3, 0.4) is 0 Å². The van der Waals surface area contributed by atoms with Gasteiger partial charge in [0.25, 0.3) is 0 Å². The molecule has 2 aliphatic carbocycles. The van der Waals surface area contributed by atoms with Crippen molar-refractivity contribution in [2.24, 2.45) is 11.3 Å². The first-order valence-electron chi connectivity index (χ1n) is 13.3. The third-order valence-corrected chi connectivity index (χ3v) is 6.60. The van der Waals surface area contributed by atoms with Crippen LogP contribution in [0.4, 0.5) is 0 Å². The van der Waals surface area contributed by atoms with Gasteiger partial charge in [-0.25, -0.2) is 5.57 Å². The van der Waals surface area contributed by atoms with Gasteiger partial charge in [-0.3, -0.25) is 6.08 Å². The molecule has 0 aliphatic heterocycles. The smallest absolute Gasteiger partial charge is 1.00 e. The van der Waals surface area contributed by atoms with E-state index < -0.39 is 0 Å². The molecule has 0 saturated heterocycles. The maximum atomic E-state index is 3.53. The third-order valence-electron chi connectivity index (χ3n) is 6.60. The zero-order chi connectivity index (χ0) is 27.6. The van der Waals surface area contributed by atoms with Gasteiger partial charge in [-0.05, 0) is 17.4 Å². The Morgan fingerprint density at radius 3 is 1.71 bits per heavy atom. The fourth-order valence-corrected chi connectivity index (χ4v) is 4.63. The summed E-state index contributed by atoms with van der Waals surface area (Å²) >= 11 is 1.55. The maximum Gasteiger partial charge on any atom is -1.00 e. The summed E-state index contributed by atoms with van der Waals surface area (Å²) in [5.41, 5.74) is 11.9. The Labute approximate surface area is 262 Å². The Morgan fingerprint density at radius 2 is 1.32 bits per heavy atom. The molecule has 0 bridgehead atoms. The molecule has 0 radical (unpaired) electrons. The summed E-state index contributed by atoms with van der Waals surface area (Å²) in [7, 11) is 0. The second-order valence-corrected chi connectivity index (χ2v) is 16.2. The Bertz CT molecular complexity index is 1100. The Morgan fingerprint density at radius 1 is 0.816 bits per heavy atom. The van der Waals surface area contributed by atoms with Crippen LogP contribution in [-0.2, 0) is 41.5 Å². The van der Waals surface area contributed by atoms with Gasteiger partial charge >= 0.3 is 41.3 Å². The van der Waals surface area contributed by atoms with Crippen LogP contribution < -0.4 is 24.8 Å². The van der Waals surface area contributed by atoms with E-state index in [0.29, 0.717) is 11.3 Å². The molecular weight excluding hydrogens is 583 g/mol. The van der Waals surface area contributed by atoms with Crippen LogP contribution in [0.5, 0.6) is 0 Å². The monoisotopic (exact) mass is 628 g/mol. The predicted octanol–water partition coefficient (Wildman–Crippen LogP) is 3.76. The van der Waals surface area contributed by atoms with Gasteiger partial charge in [0.2, 0.25) is 0 Å². The number of fused-ring (bicyclic) bond motifs is 3. The number of hydrogen-bond donors (Lipinski definition) is 0. The second-order valence-electron chi connectivity index (χ2n) is 13.7. The minimum absolute atomic E-state index is 0. The van der Waals surface area contributed by atoms with Crippen molar-refractivity contribution in [3.63, 3.8) is 0 Å². The van der Waals surface area contributed by atoms with Crippen molar-refractivity contribution in [3.8, 4) is 11.1 Å². The molecule has 0 spiro atoms. The molecule has 1 atom stereocenters. The molecule has 208 valence electrons. The molecule has 0 amide bonds. The standard InChI is InChI=1S/C21H25.C11H17.C3H6.2ClH.Zr/c1-20(2,3)16-9-7-14-11-15-8-10-17(21(4,5)6)13-19(15)18(14)12-16;1-8-6-9(2)10(7-8)11(3,4)5;1-3-2;;;/h7,9-10,12-13H,11H2,1-6H3;7-8H,1-5H3;1-2H3;2*1H;/q2*-1;;;;+2/p-2. The van der Waals surface area contributed by atoms with E-state index in [1.807, 2.05) is 0 Å². The van der Waals surface area contributed by atoms with E-state index in [-0.39, 0.29) is 35.6 Å². The van der Waals surface area contributed by atoms with E-state index in [4.69, 9.17) is 0 Å². The quantitative estimate of drug-likeness (QED) is 0.332. The number of allylic oxidation sites excluding steroid dienone is 4. The average Bonchev–Trinajstić information content (AvgIpc) is 3.24. The largest absolute Gasteiger partial charge is 1.00 e. The summed E-state index contributed by atoms with van der Waals surface area (Å²) in [6, 6.07) is 15.1. The first-order valence-corrected chi connectivity index (χ1v) is 14.6. The molecule has 1 unspecified atom stereocenters. The zero-order valence-electron chi connectivity index (χ0n) is 26.0. The van der Waals surface area contributed by atoms with E-state index in [0.717, 1.165) is 6.42 Å². The minimum Gasteiger partial charge on any atom is -1.00 e. The normalized spacial score (nSPS) is 15.7. The Hall–Kier alpha value is -0.747. The molecular formula is C35H48Cl2Zr-2. The van der Waals surface area contributed by atoms with Crippen molar-refractivity contribution >= 4 is 3.21 Å². The fraction of sp³-hybridized carbons (Fsp3) is 0.514. The summed E-state index contributed by atoms with van der Waals surface area (Å²) < 4.78 is 1.51. The summed E-state index contributed by atoms with van der Waals surface area (Å²) in [5.74, 6) is 0.518. The molecule has 2 aliphatic rings. The van der Waals surface area contributed by atoms with E-state index in [1.54, 1.807) is 24.2 Å². The summed E-state index contributed by atoms with van der Waals surface area (Å²) in [5, 5.41) is 0. The number of benzene rings is 2. The second kappa shape index (κ2) is 14.2. The van der Waals surface area contributed by atoms with Gasteiger partial charge < -0.3 is 24.8 Å². The van der Waals surface area contributed by atoms with Crippen molar-refractivity contribution < 1.29 is 49.0 Å². The summed E-state index contributed by atoms with van der Waals surface area (Å²) in [4.78, 5) is 0. The molecule has 0 fully saturated rings. The number of hydrogen-bond acceptors (Lipinski definition) is 0. The zero-order valence-corrected chi connectivity index (χ0v) is 30.0.